The third-order valence-corrected chi connectivity index (χ3v) is 8.68. The number of aromatic nitrogens is 1. The summed E-state index contributed by atoms with van der Waals surface area (Å²) < 4.78 is 47.3. The molecule has 31 heavy (non-hydrogen) atoms. The molecule has 1 aromatic heterocycles. The smallest absolute Gasteiger partial charge is 0.246 e. The quantitative estimate of drug-likeness (QED) is 0.706. The molecule has 5 rings (SSSR count). The molecular weight excluding hydrogens is 417 g/mol. The largest absolute Gasteiger partial charge is 0.474 e. The number of fused-ring (bicyclic) bond motifs is 1. The van der Waals surface area contributed by atoms with Crippen molar-refractivity contribution >= 4 is 10.0 Å². The van der Waals surface area contributed by atoms with Crippen LogP contribution in [0.15, 0.2) is 41.3 Å². The average molecular weight is 446 g/mol. The second-order valence-corrected chi connectivity index (χ2v) is 10.6. The van der Waals surface area contributed by atoms with Gasteiger partial charge in [-0.25, -0.2) is 17.8 Å². The number of piperidine rings is 1. The summed E-state index contributed by atoms with van der Waals surface area (Å²) in [5.74, 6) is -0.107. The first-order chi connectivity index (χ1) is 15.0. The van der Waals surface area contributed by atoms with Crippen molar-refractivity contribution in [2.45, 2.75) is 62.1 Å². The second kappa shape index (κ2) is 8.48. The minimum absolute atomic E-state index is 0.184. The maximum atomic E-state index is 14.1. The lowest BCUT2D eigenvalue weighted by atomic mass is 9.90. The zero-order valence-electron chi connectivity index (χ0n) is 17.5. The molecule has 0 spiro atoms. The van der Waals surface area contributed by atoms with Crippen LogP contribution in [0.4, 0.5) is 4.39 Å². The molecule has 1 saturated carbocycles. The number of hydrogen-bond acceptors (Lipinski definition) is 5. The summed E-state index contributed by atoms with van der Waals surface area (Å²) in [4.78, 5) is 6.98. The van der Waals surface area contributed by atoms with Gasteiger partial charge in [0.1, 0.15) is 16.8 Å². The lowest BCUT2D eigenvalue weighted by Crippen LogP contribution is -2.46. The van der Waals surface area contributed by atoms with E-state index in [4.69, 9.17) is 4.74 Å². The van der Waals surface area contributed by atoms with Gasteiger partial charge in [-0.3, -0.25) is 0 Å². The molecule has 1 aliphatic carbocycles. The van der Waals surface area contributed by atoms with Crippen molar-refractivity contribution in [2.24, 2.45) is 0 Å². The molecule has 3 heterocycles. The van der Waals surface area contributed by atoms with Crippen molar-refractivity contribution in [1.82, 2.24) is 14.2 Å². The number of ether oxygens (including phenoxy) is 1. The number of nitrogens with zero attached hydrogens (tertiary/aromatic N) is 3. The Hall–Kier alpha value is -2.03. The number of pyridine rings is 1. The molecule has 8 heteroatoms. The van der Waals surface area contributed by atoms with Crippen molar-refractivity contribution in [2.75, 3.05) is 19.6 Å². The summed E-state index contributed by atoms with van der Waals surface area (Å²) >= 11 is 0. The van der Waals surface area contributed by atoms with Crippen molar-refractivity contribution in [3.05, 3.63) is 53.5 Å². The van der Waals surface area contributed by atoms with Crippen LogP contribution in [-0.2, 0) is 23.0 Å². The van der Waals surface area contributed by atoms with E-state index in [-0.39, 0.29) is 24.1 Å². The Morgan fingerprint density at radius 2 is 1.77 bits per heavy atom. The number of sulfonamides is 1. The van der Waals surface area contributed by atoms with Gasteiger partial charge in [-0.05, 0) is 43.4 Å². The highest BCUT2D eigenvalue weighted by atomic mass is 32.2. The summed E-state index contributed by atoms with van der Waals surface area (Å²) in [6, 6.07) is 10.0. The lowest BCUT2D eigenvalue weighted by molar-refractivity contribution is 0.0474. The van der Waals surface area contributed by atoms with Crippen LogP contribution in [0, 0.1) is 5.82 Å². The van der Waals surface area contributed by atoms with E-state index in [1.807, 2.05) is 12.1 Å². The molecule has 166 valence electrons. The fourth-order valence-corrected chi connectivity index (χ4v) is 6.20. The highest BCUT2D eigenvalue weighted by Crippen LogP contribution is 2.30. The SMILES string of the molecule is O=S(=O)(c1ccccc1F)N1CCc2nc(OC3CCN(C4CCC4)CC3)ccc2C1. The van der Waals surface area contributed by atoms with Gasteiger partial charge in [-0.15, -0.1) is 0 Å². The molecule has 2 fully saturated rings. The lowest BCUT2D eigenvalue weighted by Gasteiger charge is -2.41. The van der Waals surface area contributed by atoms with Crippen LogP contribution in [0.3, 0.4) is 0 Å². The summed E-state index contributed by atoms with van der Waals surface area (Å²) in [6.07, 6.45) is 6.74. The molecule has 3 aliphatic rings. The normalized spacial score (nSPS) is 21.5. The maximum absolute atomic E-state index is 14.1. The average Bonchev–Trinajstić information content (AvgIpc) is 2.73. The summed E-state index contributed by atoms with van der Waals surface area (Å²) in [5, 5.41) is 0. The fourth-order valence-electron chi connectivity index (χ4n) is 4.72. The zero-order valence-corrected chi connectivity index (χ0v) is 18.4. The highest BCUT2D eigenvalue weighted by molar-refractivity contribution is 7.89. The van der Waals surface area contributed by atoms with E-state index in [0.717, 1.165) is 43.2 Å². The molecule has 0 radical (unpaired) electrons. The first kappa shape index (κ1) is 20.8. The number of likely N-dealkylation sites (tertiary alicyclic amines) is 1. The van der Waals surface area contributed by atoms with Gasteiger partial charge in [0.05, 0.1) is 5.69 Å². The molecule has 1 aromatic carbocycles. The summed E-state index contributed by atoms with van der Waals surface area (Å²) in [7, 11) is -3.88. The molecule has 0 unspecified atom stereocenters. The van der Waals surface area contributed by atoms with E-state index in [1.54, 1.807) is 0 Å². The molecule has 0 bridgehead atoms. The van der Waals surface area contributed by atoms with Gasteiger partial charge in [0.2, 0.25) is 15.9 Å². The molecule has 1 saturated heterocycles. The standard InChI is InChI=1S/C23H28FN3O3S/c24-20-6-1-2-7-22(20)31(28,29)27-15-12-21-17(16-27)8-9-23(25-21)30-19-10-13-26(14-11-19)18-4-3-5-18/h1-2,6-9,18-19H,3-5,10-16H2. The van der Waals surface area contributed by atoms with Crippen LogP contribution in [0.5, 0.6) is 5.88 Å². The Bertz CT molecular complexity index is 1050. The molecule has 0 amide bonds. The Kier molecular flexibility index (Phi) is 5.71. The number of benzene rings is 1. The van der Waals surface area contributed by atoms with Crippen molar-refractivity contribution in [3.8, 4) is 5.88 Å². The van der Waals surface area contributed by atoms with E-state index in [9.17, 15) is 12.8 Å². The predicted molar refractivity (Wildman–Crippen MR) is 115 cm³/mol. The van der Waals surface area contributed by atoms with Gasteiger partial charge in [0.15, 0.2) is 0 Å². The maximum Gasteiger partial charge on any atom is 0.246 e. The number of hydrogen-bond donors (Lipinski definition) is 0. The molecule has 6 nitrogen and oxygen atoms in total. The second-order valence-electron chi connectivity index (χ2n) is 8.71. The third kappa shape index (κ3) is 4.21. The monoisotopic (exact) mass is 445 g/mol. The number of halogens is 1. The van der Waals surface area contributed by atoms with Crippen molar-refractivity contribution in [1.29, 1.82) is 0 Å². The Morgan fingerprint density at radius 1 is 1.00 bits per heavy atom. The molecule has 0 N–H and O–H groups in total. The van der Waals surface area contributed by atoms with Gasteiger partial charge in [-0.2, -0.15) is 4.31 Å². The van der Waals surface area contributed by atoms with Crippen LogP contribution in [0.25, 0.3) is 0 Å². The Balaban J connectivity index is 1.23. The van der Waals surface area contributed by atoms with Crippen LogP contribution in [0.2, 0.25) is 0 Å². The molecule has 2 aliphatic heterocycles. The van der Waals surface area contributed by atoms with Gasteiger partial charge in [0.25, 0.3) is 0 Å². The first-order valence-electron chi connectivity index (χ1n) is 11.1. The van der Waals surface area contributed by atoms with Crippen LogP contribution < -0.4 is 4.74 Å². The fraction of sp³-hybridized carbons (Fsp3) is 0.522. The highest BCUT2D eigenvalue weighted by Gasteiger charge is 2.32. The molecule has 2 aromatic rings. The molecular formula is C23H28FN3O3S. The minimum atomic E-state index is -3.88. The topological polar surface area (TPSA) is 62.7 Å². The Labute approximate surface area is 183 Å². The van der Waals surface area contributed by atoms with Gasteiger partial charge in [-0.1, -0.05) is 24.6 Å². The molecule has 0 atom stereocenters. The van der Waals surface area contributed by atoms with Gasteiger partial charge in [0, 0.05) is 44.7 Å². The summed E-state index contributed by atoms with van der Waals surface area (Å²) in [5.41, 5.74) is 1.71. The van der Waals surface area contributed by atoms with E-state index in [2.05, 4.69) is 9.88 Å². The van der Waals surface area contributed by atoms with E-state index >= 15 is 0 Å². The van der Waals surface area contributed by atoms with E-state index in [1.165, 1.54) is 47.8 Å². The zero-order chi connectivity index (χ0) is 21.4. The Morgan fingerprint density at radius 3 is 2.48 bits per heavy atom. The van der Waals surface area contributed by atoms with Gasteiger partial charge >= 0.3 is 0 Å². The number of rotatable bonds is 5. The summed E-state index contributed by atoms with van der Waals surface area (Å²) in [6.45, 7) is 2.64. The van der Waals surface area contributed by atoms with Crippen LogP contribution in [0.1, 0.15) is 43.4 Å². The third-order valence-electron chi connectivity index (χ3n) is 6.80. The van der Waals surface area contributed by atoms with Crippen LogP contribution >= 0.6 is 0 Å². The van der Waals surface area contributed by atoms with Crippen LogP contribution in [-0.4, -0.2) is 54.4 Å². The predicted octanol–water partition coefficient (Wildman–Crippen LogP) is 3.36. The van der Waals surface area contributed by atoms with E-state index in [0.29, 0.717) is 12.3 Å². The van der Waals surface area contributed by atoms with Gasteiger partial charge < -0.3 is 9.64 Å². The van der Waals surface area contributed by atoms with E-state index < -0.39 is 15.8 Å². The van der Waals surface area contributed by atoms with Crippen molar-refractivity contribution < 1.29 is 17.5 Å². The first-order valence-corrected chi connectivity index (χ1v) is 12.6. The van der Waals surface area contributed by atoms with Crippen molar-refractivity contribution in [3.63, 3.8) is 0 Å². The minimum Gasteiger partial charge on any atom is -0.474 e.